The van der Waals surface area contributed by atoms with Crippen molar-refractivity contribution < 1.29 is 14.3 Å². The maximum absolute atomic E-state index is 13.2. The van der Waals surface area contributed by atoms with E-state index in [9.17, 15) is 9.59 Å². The summed E-state index contributed by atoms with van der Waals surface area (Å²) in [6, 6.07) is 13.9. The van der Waals surface area contributed by atoms with Crippen LogP contribution < -0.4 is 4.90 Å². The maximum atomic E-state index is 13.2. The number of carbonyl (C=O) groups excluding carboxylic acids is 2. The number of nitrogens with zero attached hydrogens (tertiary/aromatic N) is 3. The lowest BCUT2D eigenvalue weighted by Crippen LogP contribution is -2.32. The number of hydrogen-bond acceptors (Lipinski definition) is 5. The van der Waals surface area contributed by atoms with Crippen molar-refractivity contribution in [2.75, 3.05) is 4.90 Å². The van der Waals surface area contributed by atoms with E-state index in [2.05, 4.69) is 9.97 Å². The molecule has 1 aliphatic heterocycles. The van der Waals surface area contributed by atoms with Gasteiger partial charge in [-0.15, -0.1) is 0 Å². The minimum absolute atomic E-state index is 0.0305. The van der Waals surface area contributed by atoms with E-state index in [4.69, 9.17) is 16.3 Å². The zero-order valence-corrected chi connectivity index (χ0v) is 17.1. The molecule has 0 fully saturated rings. The highest BCUT2D eigenvalue weighted by Gasteiger charge is 2.40. The molecule has 3 heterocycles. The smallest absolute Gasteiger partial charge is 0.308 e. The summed E-state index contributed by atoms with van der Waals surface area (Å²) in [6.07, 6.45) is 0.0305. The van der Waals surface area contributed by atoms with Crippen molar-refractivity contribution >= 4 is 40.3 Å². The third kappa shape index (κ3) is 3.80. The van der Waals surface area contributed by atoms with Gasteiger partial charge in [-0.2, -0.15) is 0 Å². The fraction of sp³-hybridized carbons (Fsp3) is 0.273. The molecule has 29 heavy (non-hydrogen) atoms. The van der Waals surface area contributed by atoms with Gasteiger partial charge in [-0.25, -0.2) is 9.97 Å². The quantitative estimate of drug-likeness (QED) is 0.462. The number of benzene rings is 1. The molecule has 3 aromatic rings. The van der Waals surface area contributed by atoms with Crippen LogP contribution in [0.5, 0.6) is 0 Å². The fourth-order valence-electron chi connectivity index (χ4n) is 3.50. The number of carbonyl (C=O) groups is 2. The van der Waals surface area contributed by atoms with Crippen molar-refractivity contribution in [1.82, 2.24) is 9.97 Å². The van der Waals surface area contributed by atoms with Gasteiger partial charge in [0.2, 0.25) is 0 Å². The highest BCUT2D eigenvalue weighted by molar-refractivity contribution is 6.29. The molecular weight excluding hydrogens is 390 g/mol. The van der Waals surface area contributed by atoms with Gasteiger partial charge in [-0.05, 0) is 56.7 Å². The van der Waals surface area contributed by atoms with Crippen molar-refractivity contribution in [2.45, 2.75) is 38.8 Å². The molecule has 2 aromatic heterocycles. The van der Waals surface area contributed by atoms with Gasteiger partial charge in [0.05, 0.1) is 12.5 Å². The summed E-state index contributed by atoms with van der Waals surface area (Å²) in [5, 5.41) is 1.13. The Bertz CT molecular complexity index is 1120. The number of rotatable bonds is 3. The summed E-state index contributed by atoms with van der Waals surface area (Å²) in [6.45, 7) is 5.45. The predicted molar refractivity (Wildman–Crippen MR) is 111 cm³/mol. The highest BCUT2D eigenvalue weighted by atomic mass is 35.5. The van der Waals surface area contributed by atoms with Crippen LogP contribution in [-0.4, -0.2) is 27.4 Å². The summed E-state index contributed by atoms with van der Waals surface area (Å²) in [4.78, 5) is 36.0. The van der Waals surface area contributed by atoms with E-state index in [0.717, 1.165) is 10.9 Å². The van der Waals surface area contributed by atoms with Crippen molar-refractivity contribution in [3.63, 3.8) is 0 Å². The Balaban J connectivity index is 1.76. The molecule has 0 saturated heterocycles. The number of anilines is 1. The molecule has 0 spiro atoms. The molecule has 1 unspecified atom stereocenters. The Morgan fingerprint density at radius 3 is 2.59 bits per heavy atom. The largest absolute Gasteiger partial charge is 0.460 e. The van der Waals surface area contributed by atoms with E-state index in [1.807, 2.05) is 45.0 Å². The summed E-state index contributed by atoms with van der Waals surface area (Å²) in [5.74, 6) is -0.163. The first-order chi connectivity index (χ1) is 13.7. The van der Waals surface area contributed by atoms with Gasteiger partial charge in [0, 0.05) is 10.9 Å². The number of aromatic nitrogens is 2. The van der Waals surface area contributed by atoms with Crippen LogP contribution in [0.1, 0.15) is 49.2 Å². The molecule has 1 aromatic carbocycles. The average Bonchev–Trinajstić information content (AvgIpc) is 2.92. The molecule has 1 aliphatic rings. The third-order valence-corrected chi connectivity index (χ3v) is 4.82. The SMILES string of the molecule is CC(C)(C)OC(=O)CC1c2ccccc2C(=O)N1c1ccc2ccc(Cl)nc2n1. The van der Waals surface area contributed by atoms with E-state index in [0.29, 0.717) is 22.2 Å². The molecule has 0 N–H and O–H groups in total. The Kier molecular flexibility index (Phi) is 4.74. The topological polar surface area (TPSA) is 72.4 Å². The van der Waals surface area contributed by atoms with Crippen LogP contribution in [0, 0.1) is 0 Å². The van der Waals surface area contributed by atoms with Gasteiger partial charge in [-0.1, -0.05) is 29.8 Å². The lowest BCUT2D eigenvalue weighted by Gasteiger charge is -2.26. The van der Waals surface area contributed by atoms with Crippen LogP contribution in [0.4, 0.5) is 5.82 Å². The molecule has 6 nitrogen and oxygen atoms in total. The second-order valence-corrected chi connectivity index (χ2v) is 8.31. The van der Waals surface area contributed by atoms with E-state index in [-0.39, 0.29) is 18.3 Å². The average molecular weight is 410 g/mol. The number of pyridine rings is 2. The van der Waals surface area contributed by atoms with Gasteiger partial charge in [0.1, 0.15) is 16.6 Å². The summed E-state index contributed by atoms with van der Waals surface area (Å²) >= 11 is 6.00. The Morgan fingerprint density at radius 1 is 1.10 bits per heavy atom. The maximum Gasteiger partial charge on any atom is 0.308 e. The number of esters is 1. The Hall–Kier alpha value is -2.99. The van der Waals surface area contributed by atoms with Crippen LogP contribution in [0.15, 0.2) is 48.5 Å². The van der Waals surface area contributed by atoms with Crippen LogP contribution in [-0.2, 0) is 9.53 Å². The first-order valence-electron chi connectivity index (χ1n) is 9.30. The van der Waals surface area contributed by atoms with Crippen LogP contribution in [0.25, 0.3) is 11.0 Å². The van der Waals surface area contributed by atoms with Gasteiger partial charge in [0.25, 0.3) is 5.91 Å². The Labute approximate surface area is 173 Å². The number of hydrogen-bond donors (Lipinski definition) is 0. The first-order valence-corrected chi connectivity index (χ1v) is 9.68. The van der Waals surface area contributed by atoms with Gasteiger partial charge in [0.15, 0.2) is 5.65 Å². The van der Waals surface area contributed by atoms with Gasteiger partial charge < -0.3 is 4.74 Å². The van der Waals surface area contributed by atoms with Crippen LogP contribution in [0.2, 0.25) is 5.15 Å². The summed E-state index contributed by atoms with van der Waals surface area (Å²) in [5.41, 5.74) is 1.17. The van der Waals surface area contributed by atoms with E-state index in [1.165, 1.54) is 4.90 Å². The van der Waals surface area contributed by atoms with Gasteiger partial charge in [-0.3, -0.25) is 14.5 Å². The lowest BCUT2D eigenvalue weighted by molar-refractivity contribution is -0.155. The molecule has 148 valence electrons. The van der Waals surface area contributed by atoms with Crippen LogP contribution >= 0.6 is 11.6 Å². The Morgan fingerprint density at radius 2 is 1.83 bits per heavy atom. The minimum Gasteiger partial charge on any atom is -0.460 e. The minimum atomic E-state index is -0.605. The first kappa shape index (κ1) is 19.3. The second-order valence-electron chi connectivity index (χ2n) is 7.92. The monoisotopic (exact) mass is 409 g/mol. The molecular formula is C22H20ClN3O3. The second kappa shape index (κ2) is 7.12. The van der Waals surface area contributed by atoms with Crippen molar-refractivity contribution in [3.8, 4) is 0 Å². The van der Waals surface area contributed by atoms with Crippen LogP contribution in [0.3, 0.4) is 0 Å². The molecule has 0 saturated carbocycles. The number of halogens is 1. The molecule has 0 aliphatic carbocycles. The van der Waals surface area contributed by atoms with E-state index >= 15 is 0 Å². The molecule has 1 atom stereocenters. The molecule has 0 bridgehead atoms. The van der Waals surface area contributed by atoms with E-state index < -0.39 is 11.6 Å². The molecule has 7 heteroatoms. The highest BCUT2D eigenvalue weighted by Crippen LogP contribution is 2.39. The third-order valence-electron chi connectivity index (χ3n) is 4.61. The number of amides is 1. The van der Waals surface area contributed by atoms with Crippen molar-refractivity contribution in [1.29, 1.82) is 0 Å². The zero-order chi connectivity index (χ0) is 20.8. The van der Waals surface area contributed by atoms with Crippen molar-refractivity contribution in [3.05, 3.63) is 64.8 Å². The molecule has 4 rings (SSSR count). The summed E-state index contributed by atoms with van der Waals surface area (Å²) in [7, 11) is 0. The normalized spacial score (nSPS) is 16.2. The standard InChI is InChI=1S/C22H20ClN3O3/c1-22(2,3)29-19(27)12-16-14-6-4-5-7-15(14)21(28)26(16)18-11-9-13-8-10-17(23)24-20(13)25-18/h4-11,16H,12H2,1-3H3. The number of ether oxygens (including phenoxy) is 1. The summed E-state index contributed by atoms with van der Waals surface area (Å²) < 4.78 is 5.49. The fourth-order valence-corrected chi connectivity index (χ4v) is 3.64. The molecule has 0 radical (unpaired) electrons. The lowest BCUT2D eigenvalue weighted by atomic mass is 10.0. The zero-order valence-electron chi connectivity index (χ0n) is 16.3. The molecule has 1 amide bonds. The van der Waals surface area contributed by atoms with Crippen molar-refractivity contribution in [2.24, 2.45) is 0 Å². The predicted octanol–water partition coefficient (Wildman–Crippen LogP) is 4.72. The van der Waals surface area contributed by atoms with Gasteiger partial charge >= 0.3 is 5.97 Å². The van der Waals surface area contributed by atoms with E-state index in [1.54, 1.807) is 24.3 Å². The number of fused-ring (bicyclic) bond motifs is 2.